The molecule has 1 atom stereocenters. The molecule has 1 heterocycles. The maximum atomic E-state index is 11.6. The van der Waals surface area contributed by atoms with Crippen molar-refractivity contribution in [1.82, 2.24) is 15.1 Å². The molecule has 94 valence electrons. The van der Waals surface area contributed by atoms with Crippen molar-refractivity contribution in [3.05, 3.63) is 12.3 Å². The number of hydrogen-bond donors (Lipinski definition) is 3. The SMILES string of the molecule is CC(C)C(NC(=O)Nc1ccnn1C)C(=O)O. The normalized spacial score (nSPS) is 12.2. The van der Waals surface area contributed by atoms with Gasteiger partial charge in [-0.2, -0.15) is 5.10 Å². The molecule has 1 unspecified atom stereocenters. The first kappa shape index (κ1) is 13.0. The lowest BCUT2D eigenvalue weighted by atomic mass is 10.1. The largest absolute Gasteiger partial charge is 0.480 e. The van der Waals surface area contributed by atoms with E-state index in [0.717, 1.165) is 0 Å². The highest BCUT2D eigenvalue weighted by molar-refractivity contribution is 5.91. The van der Waals surface area contributed by atoms with Gasteiger partial charge in [0, 0.05) is 13.1 Å². The Morgan fingerprint density at radius 1 is 1.47 bits per heavy atom. The molecule has 17 heavy (non-hydrogen) atoms. The molecule has 3 N–H and O–H groups in total. The molecule has 0 bridgehead atoms. The molecule has 0 aromatic carbocycles. The van der Waals surface area contributed by atoms with E-state index in [1.54, 1.807) is 27.0 Å². The predicted molar refractivity (Wildman–Crippen MR) is 61.6 cm³/mol. The fourth-order valence-electron chi connectivity index (χ4n) is 1.30. The first-order chi connectivity index (χ1) is 7.91. The molecule has 0 saturated carbocycles. The zero-order valence-electron chi connectivity index (χ0n) is 9.97. The number of amides is 2. The van der Waals surface area contributed by atoms with Gasteiger partial charge in [-0.1, -0.05) is 13.8 Å². The smallest absolute Gasteiger partial charge is 0.326 e. The van der Waals surface area contributed by atoms with Crippen molar-refractivity contribution in [1.29, 1.82) is 0 Å². The number of urea groups is 1. The maximum absolute atomic E-state index is 11.6. The fourth-order valence-corrected chi connectivity index (χ4v) is 1.30. The van der Waals surface area contributed by atoms with Gasteiger partial charge in [0.15, 0.2) is 0 Å². The molecule has 1 rings (SSSR count). The van der Waals surface area contributed by atoms with Crippen molar-refractivity contribution in [3.8, 4) is 0 Å². The summed E-state index contributed by atoms with van der Waals surface area (Å²) in [6.45, 7) is 3.45. The second-order valence-corrected chi connectivity index (χ2v) is 4.00. The molecule has 0 radical (unpaired) electrons. The molecule has 7 heteroatoms. The van der Waals surface area contributed by atoms with Gasteiger partial charge in [0.05, 0.1) is 6.20 Å². The van der Waals surface area contributed by atoms with Crippen LogP contribution in [0.4, 0.5) is 10.6 Å². The zero-order valence-corrected chi connectivity index (χ0v) is 9.97. The number of anilines is 1. The Morgan fingerprint density at radius 3 is 2.53 bits per heavy atom. The topological polar surface area (TPSA) is 96.3 Å². The van der Waals surface area contributed by atoms with Gasteiger partial charge in [0.1, 0.15) is 11.9 Å². The summed E-state index contributed by atoms with van der Waals surface area (Å²) in [7, 11) is 1.67. The number of aryl methyl sites for hydroxylation is 1. The molecule has 7 nitrogen and oxygen atoms in total. The van der Waals surface area contributed by atoms with Gasteiger partial charge >= 0.3 is 12.0 Å². The van der Waals surface area contributed by atoms with Crippen LogP contribution in [0.2, 0.25) is 0 Å². The summed E-state index contributed by atoms with van der Waals surface area (Å²) in [6, 6.07) is 0.142. The third kappa shape index (κ3) is 3.47. The van der Waals surface area contributed by atoms with Crippen LogP contribution in [-0.4, -0.2) is 32.9 Å². The highest BCUT2D eigenvalue weighted by Crippen LogP contribution is 2.05. The van der Waals surface area contributed by atoms with E-state index in [1.807, 2.05) is 0 Å². The number of carbonyl (C=O) groups excluding carboxylic acids is 1. The Bertz CT molecular complexity index is 413. The van der Waals surface area contributed by atoms with Gasteiger partial charge < -0.3 is 10.4 Å². The summed E-state index contributed by atoms with van der Waals surface area (Å²) < 4.78 is 1.48. The molecular formula is C10H16N4O3. The predicted octanol–water partition coefficient (Wildman–Crippen LogP) is 0.651. The van der Waals surface area contributed by atoms with Gasteiger partial charge in [-0.25, -0.2) is 9.59 Å². The van der Waals surface area contributed by atoms with Crippen LogP contribution in [0.25, 0.3) is 0 Å². The van der Waals surface area contributed by atoms with Crippen LogP contribution in [0.15, 0.2) is 12.3 Å². The summed E-state index contributed by atoms with van der Waals surface area (Å²) in [6.07, 6.45) is 1.53. The Kier molecular flexibility index (Phi) is 4.08. The quantitative estimate of drug-likeness (QED) is 0.720. The number of carboxylic acids is 1. The van der Waals surface area contributed by atoms with E-state index in [1.165, 1.54) is 10.9 Å². The van der Waals surface area contributed by atoms with Gasteiger partial charge in [0.25, 0.3) is 0 Å². The van der Waals surface area contributed by atoms with Gasteiger partial charge in [-0.05, 0) is 5.92 Å². The lowest BCUT2D eigenvalue weighted by Crippen LogP contribution is -2.46. The Hall–Kier alpha value is -2.05. The number of carbonyl (C=O) groups is 2. The van der Waals surface area contributed by atoms with E-state index in [0.29, 0.717) is 5.82 Å². The molecule has 1 aromatic heterocycles. The monoisotopic (exact) mass is 240 g/mol. The molecule has 0 spiro atoms. The maximum Gasteiger partial charge on any atom is 0.326 e. The third-order valence-electron chi connectivity index (χ3n) is 2.28. The number of aliphatic carboxylic acids is 1. The number of carboxylic acid groups (broad SMARTS) is 1. The molecular weight excluding hydrogens is 224 g/mol. The van der Waals surface area contributed by atoms with Crippen LogP contribution in [0, 0.1) is 5.92 Å². The van der Waals surface area contributed by atoms with Crippen LogP contribution in [0.1, 0.15) is 13.8 Å². The van der Waals surface area contributed by atoms with Gasteiger partial charge in [-0.15, -0.1) is 0 Å². The van der Waals surface area contributed by atoms with Crippen molar-refractivity contribution < 1.29 is 14.7 Å². The van der Waals surface area contributed by atoms with Crippen molar-refractivity contribution in [2.75, 3.05) is 5.32 Å². The van der Waals surface area contributed by atoms with Crippen LogP contribution in [0.5, 0.6) is 0 Å². The summed E-state index contributed by atoms with van der Waals surface area (Å²) in [5.74, 6) is -0.750. The standard InChI is InChI=1S/C10H16N4O3/c1-6(2)8(9(15)16)13-10(17)12-7-4-5-11-14(7)3/h4-6,8H,1-3H3,(H,15,16)(H2,12,13,17). The number of rotatable bonds is 4. The minimum absolute atomic E-state index is 0.190. The minimum atomic E-state index is -1.06. The van der Waals surface area contributed by atoms with Crippen molar-refractivity contribution in [2.24, 2.45) is 13.0 Å². The highest BCUT2D eigenvalue weighted by Gasteiger charge is 2.23. The van der Waals surface area contributed by atoms with Gasteiger partial charge in [0.2, 0.25) is 0 Å². The number of nitrogens with one attached hydrogen (secondary N) is 2. The average Bonchev–Trinajstić information content (AvgIpc) is 2.60. The van der Waals surface area contributed by atoms with Gasteiger partial charge in [-0.3, -0.25) is 10.00 Å². The van der Waals surface area contributed by atoms with Crippen LogP contribution in [-0.2, 0) is 11.8 Å². The fraction of sp³-hybridized carbons (Fsp3) is 0.500. The van der Waals surface area contributed by atoms with Crippen LogP contribution in [0.3, 0.4) is 0 Å². The Labute approximate surface area is 98.8 Å². The van der Waals surface area contributed by atoms with E-state index in [2.05, 4.69) is 15.7 Å². The van der Waals surface area contributed by atoms with Crippen LogP contribution >= 0.6 is 0 Å². The molecule has 0 aliphatic rings. The first-order valence-corrected chi connectivity index (χ1v) is 5.20. The lowest BCUT2D eigenvalue weighted by molar-refractivity contribution is -0.140. The summed E-state index contributed by atoms with van der Waals surface area (Å²) >= 11 is 0. The molecule has 2 amide bonds. The van der Waals surface area contributed by atoms with E-state index in [9.17, 15) is 9.59 Å². The number of nitrogens with zero attached hydrogens (tertiary/aromatic N) is 2. The van der Waals surface area contributed by atoms with E-state index < -0.39 is 18.0 Å². The molecule has 0 aliphatic carbocycles. The lowest BCUT2D eigenvalue weighted by Gasteiger charge is -2.18. The number of hydrogen-bond acceptors (Lipinski definition) is 3. The highest BCUT2D eigenvalue weighted by atomic mass is 16.4. The Balaban J connectivity index is 2.60. The van der Waals surface area contributed by atoms with Crippen molar-refractivity contribution in [2.45, 2.75) is 19.9 Å². The molecule has 0 fully saturated rings. The molecule has 0 aliphatic heterocycles. The van der Waals surface area contributed by atoms with E-state index in [4.69, 9.17) is 5.11 Å². The summed E-state index contributed by atoms with van der Waals surface area (Å²) in [5, 5.41) is 17.7. The third-order valence-corrected chi connectivity index (χ3v) is 2.28. The molecule has 1 aromatic rings. The summed E-state index contributed by atoms with van der Waals surface area (Å²) in [5.41, 5.74) is 0. The molecule has 0 saturated heterocycles. The second-order valence-electron chi connectivity index (χ2n) is 4.00. The van der Waals surface area contributed by atoms with Crippen molar-refractivity contribution in [3.63, 3.8) is 0 Å². The second kappa shape index (κ2) is 5.33. The summed E-state index contributed by atoms with van der Waals surface area (Å²) in [4.78, 5) is 22.4. The minimum Gasteiger partial charge on any atom is -0.480 e. The van der Waals surface area contributed by atoms with Crippen LogP contribution < -0.4 is 10.6 Å². The Morgan fingerprint density at radius 2 is 2.12 bits per heavy atom. The first-order valence-electron chi connectivity index (χ1n) is 5.20. The van der Waals surface area contributed by atoms with E-state index >= 15 is 0 Å². The van der Waals surface area contributed by atoms with Crippen molar-refractivity contribution >= 4 is 17.8 Å². The average molecular weight is 240 g/mol. The zero-order chi connectivity index (χ0) is 13.0. The van der Waals surface area contributed by atoms with E-state index in [-0.39, 0.29) is 5.92 Å². The number of aromatic nitrogens is 2.